The van der Waals surface area contributed by atoms with Crippen LogP contribution in [0, 0.1) is 5.92 Å². The first-order chi connectivity index (χ1) is 17.4. The third-order valence-corrected chi connectivity index (χ3v) is 8.49. The smallest absolute Gasteiger partial charge is 0.264 e. The monoisotopic (exact) mass is 505 g/mol. The molecule has 0 aliphatic carbocycles. The summed E-state index contributed by atoms with van der Waals surface area (Å²) in [5.41, 5.74) is 3.74. The van der Waals surface area contributed by atoms with E-state index in [1.54, 1.807) is 42.5 Å². The van der Waals surface area contributed by atoms with Gasteiger partial charge in [0.15, 0.2) is 0 Å². The van der Waals surface area contributed by atoms with Crippen LogP contribution in [0.3, 0.4) is 0 Å². The lowest BCUT2D eigenvalue weighted by Crippen LogP contribution is -2.40. The van der Waals surface area contributed by atoms with Crippen molar-refractivity contribution in [1.29, 1.82) is 0 Å². The molecule has 1 heterocycles. The number of piperidine rings is 1. The Bertz CT molecular complexity index is 1240. The quantitative estimate of drug-likeness (QED) is 0.445. The summed E-state index contributed by atoms with van der Waals surface area (Å²) >= 11 is 0. The van der Waals surface area contributed by atoms with Crippen molar-refractivity contribution >= 4 is 27.3 Å². The molecule has 0 spiro atoms. The van der Waals surface area contributed by atoms with Gasteiger partial charge in [0.05, 0.1) is 10.6 Å². The SMILES string of the molecule is CCc1ccc(N(CC(=O)NCc2ccc(N3CCCC(C)C3)cc2)S(=O)(=O)c2ccccc2)cc1. The van der Waals surface area contributed by atoms with Crippen molar-refractivity contribution in [3.8, 4) is 0 Å². The normalized spacial score (nSPS) is 15.9. The highest BCUT2D eigenvalue weighted by Crippen LogP contribution is 2.25. The molecule has 0 saturated carbocycles. The summed E-state index contributed by atoms with van der Waals surface area (Å²) < 4.78 is 28.1. The zero-order valence-electron chi connectivity index (χ0n) is 21.1. The summed E-state index contributed by atoms with van der Waals surface area (Å²) in [7, 11) is -3.91. The van der Waals surface area contributed by atoms with Gasteiger partial charge in [-0.3, -0.25) is 9.10 Å². The molecule has 3 aromatic carbocycles. The Balaban J connectivity index is 1.45. The van der Waals surface area contributed by atoms with E-state index in [0.717, 1.165) is 30.6 Å². The standard InChI is InChI=1S/C29H35N3O3S/c1-3-24-11-17-27(18-12-24)32(36(34,35)28-9-5-4-6-10-28)22-29(33)30-20-25-13-15-26(16-14-25)31-19-7-8-23(2)21-31/h4-6,9-18,23H,3,7-8,19-22H2,1-2H3,(H,30,33). The third-order valence-electron chi connectivity index (χ3n) is 6.70. The van der Waals surface area contributed by atoms with Gasteiger partial charge in [-0.1, -0.05) is 56.3 Å². The summed E-state index contributed by atoms with van der Waals surface area (Å²) in [6.45, 7) is 6.51. The minimum Gasteiger partial charge on any atom is -0.371 e. The molecule has 0 radical (unpaired) electrons. The highest BCUT2D eigenvalue weighted by Gasteiger charge is 2.27. The van der Waals surface area contributed by atoms with Gasteiger partial charge in [-0.05, 0) is 72.7 Å². The van der Waals surface area contributed by atoms with Crippen LogP contribution in [0.5, 0.6) is 0 Å². The Kier molecular flexibility index (Phi) is 8.31. The summed E-state index contributed by atoms with van der Waals surface area (Å²) in [6, 6.07) is 23.8. The maximum absolute atomic E-state index is 13.4. The zero-order chi connectivity index (χ0) is 25.5. The maximum atomic E-state index is 13.4. The number of anilines is 2. The number of hydrogen-bond donors (Lipinski definition) is 1. The van der Waals surface area contributed by atoms with E-state index in [9.17, 15) is 13.2 Å². The first-order valence-electron chi connectivity index (χ1n) is 12.6. The number of nitrogens with zero attached hydrogens (tertiary/aromatic N) is 2. The Labute approximate surface area is 215 Å². The number of benzene rings is 3. The second kappa shape index (κ2) is 11.6. The van der Waals surface area contributed by atoms with E-state index < -0.39 is 10.0 Å². The minimum absolute atomic E-state index is 0.153. The molecule has 0 bridgehead atoms. The molecular formula is C29H35N3O3S. The Hall–Kier alpha value is -3.32. The largest absolute Gasteiger partial charge is 0.371 e. The van der Waals surface area contributed by atoms with Crippen molar-refractivity contribution in [3.63, 3.8) is 0 Å². The van der Waals surface area contributed by atoms with E-state index in [4.69, 9.17) is 0 Å². The minimum atomic E-state index is -3.91. The van der Waals surface area contributed by atoms with Gasteiger partial charge in [0.1, 0.15) is 6.54 Å². The van der Waals surface area contributed by atoms with Crippen molar-refractivity contribution in [2.75, 3.05) is 28.8 Å². The zero-order valence-corrected chi connectivity index (χ0v) is 21.9. The number of hydrogen-bond acceptors (Lipinski definition) is 4. The van der Waals surface area contributed by atoms with E-state index in [1.165, 1.54) is 22.8 Å². The van der Waals surface area contributed by atoms with Crippen molar-refractivity contribution in [2.24, 2.45) is 5.92 Å². The van der Waals surface area contributed by atoms with Gasteiger partial charge >= 0.3 is 0 Å². The van der Waals surface area contributed by atoms with E-state index >= 15 is 0 Å². The molecule has 1 aliphatic heterocycles. The molecule has 0 aromatic heterocycles. The topological polar surface area (TPSA) is 69.7 Å². The predicted molar refractivity (Wildman–Crippen MR) is 146 cm³/mol. The van der Waals surface area contributed by atoms with E-state index in [2.05, 4.69) is 29.3 Å². The van der Waals surface area contributed by atoms with Crippen molar-refractivity contribution in [1.82, 2.24) is 5.32 Å². The van der Waals surface area contributed by atoms with Gasteiger partial charge in [-0.15, -0.1) is 0 Å². The lowest BCUT2D eigenvalue weighted by atomic mass is 9.99. The second-order valence-electron chi connectivity index (χ2n) is 9.48. The Morgan fingerprint density at radius 2 is 1.64 bits per heavy atom. The number of carbonyl (C=O) groups is 1. The molecule has 1 saturated heterocycles. The Morgan fingerprint density at radius 1 is 0.972 bits per heavy atom. The van der Waals surface area contributed by atoms with Crippen LogP contribution in [-0.4, -0.2) is 34.0 Å². The third kappa shape index (κ3) is 6.26. The van der Waals surface area contributed by atoms with Crippen LogP contribution in [0.1, 0.15) is 37.8 Å². The molecule has 1 fully saturated rings. The molecular weight excluding hydrogens is 470 g/mol. The van der Waals surface area contributed by atoms with Crippen LogP contribution in [0.4, 0.5) is 11.4 Å². The van der Waals surface area contributed by atoms with Crippen LogP contribution in [0.25, 0.3) is 0 Å². The molecule has 1 amide bonds. The summed E-state index contributed by atoms with van der Waals surface area (Å²) in [4.78, 5) is 15.5. The van der Waals surface area contributed by atoms with Crippen LogP contribution in [0.2, 0.25) is 0 Å². The molecule has 190 valence electrons. The molecule has 3 aromatic rings. The van der Waals surface area contributed by atoms with Crippen molar-refractivity contribution in [3.05, 3.63) is 90.0 Å². The number of carbonyl (C=O) groups excluding carboxylic acids is 1. The fourth-order valence-electron chi connectivity index (χ4n) is 4.57. The number of rotatable bonds is 9. The molecule has 1 atom stereocenters. The average Bonchev–Trinajstić information content (AvgIpc) is 2.91. The lowest BCUT2D eigenvalue weighted by molar-refractivity contribution is -0.119. The molecule has 36 heavy (non-hydrogen) atoms. The predicted octanol–water partition coefficient (Wildman–Crippen LogP) is 5.00. The van der Waals surface area contributed by atoms with Gasteiger partial charge in [0.25, 0.3) is 10.0 Å². The van der Waals surface area contributed by atoms with Gasteiger partial charge in [-0.25, -0.2) is 8.42 Å². The van der Waals surface area contributed by atoms with Gasteiger partial charge in [0, 0.05) is 25.3 Å². The molecule has 4 rings (SSSR count). The van der Waals surface area contributed by atoms with Crippen LogP contribution in [0.15, 0.2) is 83.8 Å². The van der Waals surface area contributed by atoms with Gasteiger partial charge < -0.3 is 10.2 Å². The molecule has 1 N–H and O–H groups in total. The van der Waals surface area contributed by atoms with Crippen LogP contribution >= 0.6 is 0 Å². The lowest BCUT2D eigenvalue weighted by Gasteiger charge is -2.32. The number of aryl methyl sites for hydroxylation is 1. The first kappa shape index (κ1) is 25.8. The summed E-state index contributed by atoms with van der Waals surface area (Å²) in [6.07, 6.45) is 3.34. The first-order valence-corrected chi connectivity index (χ1v) is 14.1. The van der Waals surface area contributed by atoms with E-state index in [1.807, 2.05) is 31.2 Å². The fourth-order valence-corrected chi connectivity index (χ4v) is 6.01. The molecule has 1 aliphatic rings. The highest BCUT2D eigenvalue weighted by molar-refractivity contribution is 7.92. The number of amides is 1. The fraction of sp³-hybridized carbons (Fsp3) is 0.345. The van der Waals surface area contributed by atoms with Crippen molar-refractivity contribution < 1.29 is 13.2 Å². The van der Waals surface area contributed by atoms with E-state index in [0.29, 0.717) is 18.2 Å². The molecule has 6 nitrogen and oxygen atoms in total. The van der Waals surface area contributed by atoms with Gasteiger partial charge in [-0.2, -0.15) is 0 Å². The molecule has 7 heteroatoms. The van der Waals surface area contributed by atoms with Crippen LogP contribution < -0.4 is 14.5 Å². The summed E-state index contributed by atoms with van der Waals surface area (Å²) in [5, 5.41) is 2.89. The Morgan fingerprint density at radius 3 is 2.28 bits per heavy atom. The summed E-state index contributed by atoms with van der Waals surface area (Å²) in [5.74, 6) is 0.342. The van der Waals surface area contributed by atoms with Crippen LogP contribution in [-0.2, 0) is 27.8 Å². The molecule has 1 unspecified atom stereocenters. The average molecular weight is 506 g/mol. The van der Waals surface area contributed by atoms with E-state index in [-0.39, 0.29) is 17.3 Å². The van der Waals surface area contributed by atoms with Gasteiger partial charge in [0.2, 0.25) is 5.91 Å². The second-order valence-corrected chi connectivity index (χ2v) is 11.3. The maximum Gasteiger partial charge on any atom is 0.264 e. The highest BCUT2D eigenvalue weighted by atomic mass is 32.2. The number of sulfonamides is 1. The number of nitrogens with one attached hydrogen (secondary N) is 1. The van der Waals surface area contributed by atoms with Crippen molar-refractivity contribution in [2.45, 2.75) is 44.6 Å².